The zero-order valence-corrected chi connectivity index (χ0v) is 17.4. The molecule has 0 aliphatic heterocycles. The Kier molecular flexibility index (Phi) is 9.45. The van der Waals surface area contributed by atoms with Gasteiger partial charge in [-0.3, -0.25) is 4.99 Å². The van der Waals surface area contributed by atoms with Crippen LogP contribution in [-0.2, 0) is 13.0 Å². The van der Waals surface area contributed by atoms with Gasteiger partial charge in [-0.25, -0.2) is 4.39 Å². The molecule has 2 rings (SSSR count). The van der Waals surface area contributed by atoms with Gasteiger partial charge in [-0.2, -0.15) is 5.26 Å². The Morgan fingerprint density at radius 3 is 2.76 bits per heavy atom. The Morgan fingerprint density at radius 1 is 1.36 bits per heavy atom. The van der Waals surface area contributed by atoms with Crippen LogP contribution in [-0.4, -0.2) is 19.6 Å². The van der Waals surface area contributed by atoms with Crippen LogP contribution in [0.15, 0.2) is 40.7 Å². The van der Waals surface area contributed by atoms with Crippen molar-refractivity contribution in [3.63, 3.8) is 0 Å². The number of guanidine groups is 1. The van der Waals surface area contributed by atoms with Crippen molar-refractivity contribution in [3.8, 4) is 6.07 Å². The SMILES string of the molecule is CN=C(NCc1ccc(C#N)cc1F)NCC(C)Cc1cccs1.I. The maximum Gasteiger partial charge on any atom is 0.191 e. The molecule has 0 spiro atoms. The first-order valence-corrected chi connectivity index (χ1v) is 8.65. The van der Waals surface area contributed by atoms with Gasteiger partial charge in [-0.15, -0.1) is 35.3 Å². The summed E-state index contributed by atoms with van der Waals surface area (Å²) in [6, 6.07) is 10.6. The first-order valence-electron chi connectivity index (χ1n) is 7.77. The van der Waals surface area contributed by atoms with Crippen molar-refractivity contribution >= 4 is 41.3 Å². The normalized spacial score (nSPS) is 12.0. The smallest absolute Gasteiger partial charge is 0.191 e. The molecule has 7 heteroatoms. The van der Waals surface area contributed by atoms with E-state index in [9.17, 15) is 4.39 Å². The van der Waals surface area contributed by atoms with Crippen molar-refractivity contribution in [2.24, 2.45) is 10.9 Å². The first-order chi connectivity index (χ1) is 11.6. The summed E-state index contributed by atoms with van der Waals surface area (Å²) < 4.78 is 13.9. The summed E-state index contributed by atoms with van der Waals surface area (Å²) in [7, 11) is 1.69. The molecule has 0 aliphatic carbocycles. The lowest BCUT2D eigenvalue weighted by atomic mass is 10.1. The van der Waals surface area contributed by atoms with Gasteiger partial charge in [0.05, 0.1) is 11.6 Å². The van der Waals surface area contributed by atoms with Gasteiger partial charge in [-0.05, 0) is 35.9 Å². The van der Waals surface area contributed by atoms with Gasteiger partial charge in [0.2, 0.25) is 0 Å². The Labute approximate surface area is 169 Å². The lowest BCUT2D eigenvalue weighted by Crippen LogP contribution is -2.39. The number of nitriles is 1. The number of benzene rings is 1. The van der Waals surface area contributed by atoms with Crippen LogP contribution < -0.4 is 10.6 Å². The van der Waals surface area contributed by atoms with Crippen LogP contribution in [0.3, 0.4) is 0 Å². The second-order valence-corrected chi connectivity index (χ2v) is 6.65. The highest BCUT2D eigenvalue weighted by Crippen LogP contribution is 2.14. The molecule has 134 valence electrons. The Morgan fingerprint density at radius 2 is 2.16 bits per heavy atom. The summed E-state index contributed by atoms with van der Waals surface area (Å²) in [6.45, 7) is 3.28. The molecule has 0 bridgehead atoms. The largest absolute Gasteiger partial charge is 0.356 e. The third-order valence-electron chi connectivity index (χ3n) is 3.60. The maximum atomic E-state index is 13.9. The standard InChI is InChI=1S/C18H21FN4S.HI/c1-13(8-16-4-3-7-24-16)11-22-18(21-2)23-12-15-6-5-14(10-20)9-17(15)19;/h3-7,9,13H,8,11-12H2,1-2H3,(H2,21,22,23);1H. The van der Waals surface area contributed by atoms with Crippen molar-refractivity contribution in [3.05, 3.63) is 57.5 Å². The number of halogens is 2. The van der Waals surface area contributed by atoms with E-state index < -0.39 is 0 Å². The molecule has 1 heterocycles. The average molecular weight is 472 g/mol. The summed E-state index contributed by atoms with van der Waals surface area (Å²) in [5.74, 6) is 0.716. The predicted molar refractivity (Wildman–Crippen MR) is 112 cm³/mol. The lowest BCUT2D eigenvalue weighted by Gasteiger charge is -2.16. The van der Waals surface area contributed by atoms with Crippen LogP contribution in [0.2, 0.25) is 0 Å². The van der Waals surface area contributed by atoms with E-state index in [2.05, 4.69) is 40.1 Å². The Hall–Kier alpha value is -1.66. The predicted octanol–water partition coefficient (Wildman–Crippen LogP) is 3.92. The molecule has 1 unspecified atom stereocenters. The number of aliphatic imine (C=N–C) groups is 1. The minimum absolute atomic E-state index is 0. The highest BCUT2D eigenvalue weighted by atomic mass is 127. The molecule has 0 saturated carbocycles. The van der Waals surface area contributed by atoms with Crippen LogP contribution in [0, 0.1) is 23.1 Å². The zero-order chi connectivity index (χ0) is 17.4. The third-order valence-corrected chi connectivity index (χ3v) is 4.50. The molecule has 0 fully saturated rings. The molecule has 0 saturated heterocycles. The van der Waals surface area contributed by atoms with Crippen molar-refractivity contribution < 1.29 is 4.39 Å². The molecule has 1 atom stereocenters. The number of hydrogen-bond acceptors (Lipinski definition) is 3. The molecular formula is C18H22FIN4S. The second-order valence-electron chi connectivity index (χ2n) is 5.61. The van der Waals surface area contributed by atoms with Crippen molar-refractivity contribution in [2.45, 2.75) is 19.9 Å². The Bertz CT molecular complexity index is 725. The van der Waals surface area contributed by atoms with Gasteiger partial charge >= 0.3 is 0 Å². The van der Waals surface area contributed by atoms with Gasteiger partial charge < -0.3 is 10.6 Å². The zero-order valence-electron chi connectivity index (χ0n) is 14.3. The van der Waals surface area contributed by atoms with Crippen LogP contribution in [0.4, 0.5) is 4.39 Å². The van der Waals surface area contributed by atoms with Crippen LogP contribution in [0.25, 0.3) is 0 Å². The summed E-state index contributed by atoms with van der Waals surface area (Å²) in [5.41, 5.74) is 0.824. The lowest BCUT2D eigenvalue weighted by molar-refractivity contribution is 0.560. The molecular weight excluding hydrogens is 450 g/mol. The fraction of sp³-hybridized carbons (Fsp3) is 0.333. The number of thiophene rings is 1. The van der Waals surface area contributed by atoms with E-state index in [1.54, 1.807) is 30.5 Å². The highest BCUT2D eigenvalue weighted by molar-refractivity contribution is 14.0. The fourth-order valence-electron chi connectivity index (χ4n) is 2.28. The van der Waals surface area contributed by atoms with E-state index in [4.69, 9.17) is 5.26 Å². The molecule has 0 radical (unpaired) electrons. The number of hydrogen-bond donors (Lipinski definition) is 2. The Balaban J connectivity index is 0.00000312. The van der Waals surface area contributed by atoms with Crippen LogP contribution in [0.1, 0.15) is 22.9 Å². The maximum absolute atomic E-state index is 13.9. The van der Waals surface area contributed by atoms with E-state index >= 15 is 0 Å². The van der Waals surface area contributed by atoms with Crippen LogP contribution >= 0.6 is 35.3 Å². The fourth-order valence-corrected chi connectivity index (χ4v) is 3.14. The number of rotatable bonds is 6. The van der Waals surface area contributed by atoms with E-state index in [-0.39, 0.29) is 29.8 Å². The first kappa shape index (κ1) is 21.4. The molecule has 1 aromatic heterocycles. The number of nitrogens with one attached hydrogen (secondary N) is 2. The molecule has 1 aromatic carbocycles. The monoisotopic (exact) mass is 472 g/mol. The average Bonchev–Trinajstić information content (AvgIpc) is 3.08. The molecule has 2 N–H and O–H groups in total. The molecule has 4 nitrogen and oxygen atoms in total. The molecule has 0 amide bonds. The molecule has 25 heavy (non-hydrogen) atoms. The van der Waals surface area contributed by atoms with Gasteiger partial charge in [0, 0.05) is 30.6 Å². The topological polar surface area (TPSA) is 60.2 Å². The quantitative estimate of drug-likeness (QED) is 0.381. The number of nitrogens with zero attached hydrogens (tertiary/aromatic N) is 2. The van der Waals surface area contributed by atoms with E-state index in [0.717, 1.165) is 13.0 Å². The van der Waals surface area contributed by atoms with Crippen molar-refractivity contribution in [1.82, 2.24) is 10.6 Å². The molecule has 2 aromatic rings. The minimum Gasteiger partial charge on any atom is -0.356 e. The van der Waals surface area contributed by atoms with Crippen LogP contribution in [0.5, 0.6) is 0 Å². The van der Waals surface area contributed by atoms with E-state index in [0.29, 0.717) is 29.5 Å². The highest BCUT2D eigenvalue weighted by Gasteiger charge is 2.08. The van der Waals surface area contributed by atoms with Gasteiger partial charge in [0.25, 0.3) is 0 Å². The summed E-state index contributed by atoms with van der Waals surface area (Å²) in [6.07, 6.45) is 1.02. The third kappa shape index (κ3) is 7.00. The minimum atomic E-state index is -0.386. The van der Waals surface area contributed by atoms with E-state index in [1.165, 1.54) is 10.9 Å². The summed E-state index contributed by atoms with van der Waals surface area (Å²) in [5, 5.41) is 17.2. The van der Waals surface area contributed by atoms with Crippen molar-refractivity contribution in [2.75, 3.05) is 13.6 Å². The van der Waals surface area contributed by atoms with Gasteiger partial charge in [0.1, 0.15) is 5.82 Å². The van der Waals surface area contributed by atoms with E-state index in [1.807, 2.05) is 6.07 Å². The van der Waals surface area contributed by atoms with Crippen molar-refractivity contribution in [1.29, 1.82) is 5.26 Å². The van der Waals surface area contributed by atoms with Gasteiger partial charge in [-0.1, -0.05) is 19.1 Å². The summed E-state index contributed by atoms with van der Waals surface area (Å²) in [4.78, 5) is 5.53. The molecule has 0 aliphatic rings. The second kappa shape index (κ2) is 11.1. The van der Waals surface area contributed by atoms with Gasteiger partial charge in [0.15, 0.2) is 5.96 Å². The summed E-state index contributed by atoms with van der Waals surface area (Å²) >= 11 is 1.77.